The van der Waals surface area contributed by atoms with E-state index in [1.54, 1.807) is 35.6 Å². The number of hydrogen-bond acceptors (Lipinski definition) is 5. The fourth-order valence-corrected chi connectivity index (χ4v) is 2.60. The van der Waals surface area contributed by atoms with Gasteiger partial charge in [-0.3, -0.25) is 0 Å². The third kappa shape index (κ3) is 4.31. The van der Waals surface area contributed by atoms with Crippen molar-refractivity contribution in [3.8, 4) is 11.3 Å². The van der Waals surface area contributed by atoms with Gasteiger partial charge in [-0.25, -0.2) is 4.79 Å². The maximum Gasteiger partial charge on any atom is 0.331 e. The van der Waals surface area contributed by atoms with E-state index in [9.17, 15) is 4.79 Å². The van der Waals surface area contributed by atoms with Crippen LogP contribution in [0.15, 0.2) is 58.4 Å². The second-order valence-electron chi connectivity index (χ2n) is 4.65. The van der Waals surface area contributed by atoms with Crippen LogP contribution >= 0.6 is 22.9 Å². The van der Waals surface area contributed by atoms with Crippen molar-refractivity contribution in [3.05, 3.63) is 69.5 Å². The first-order valence-corrected chi connectivity index (χ1v) is 8.06. The molecule has 0 bridgehead atoms. The lowest BCUT2D eigenvalue weighted by atomic mass is 10.2. The van der Waals surface area contributed by atoms with Gasteiger partial charge in [-0.15, -0.1) is 11.3 Å². The van der Waals surface area contributed by atoms with Crippen LogP contribution in [0.25, 0.3) is 17.4 Å². The minimum Gasteiger partial charge on any atom is -0.456 e. The van der Waals surface area contributed by atoms with Crippen molar-refractivity contribution in [2.24, 2.45) is 0 Å². The van der Waals surface area contributed by atoms with Gasteiger partial charge in [0.2, 0.25) is 0 Å². The fourth-order valence-electron chi connectivity index (χ4n) is 1.86. The summed E-state index contributed by atoms with van der Waals surface area (Å²) in [4.78, 5) is 12.6. The highest BCUT2D eigenvalue weighted by Crippen LogP contribution is 2.22. The molecule has 0 saturated heterocycles. The number of ether oxygens (including phenoxy) is 1. The van der Waals surface area contributed by atoms with Crippen molar-refractivity contribution in [3.63, 3.8) is 0 Å². The molecule has 0 fully saturated rings. The first-order valence-electron chi connectivity index (χ1n) is 6.80. The smallest absolute Gasteiger partial charge is 0.331 e. The molecule has 0 saturated carbocycles. The first-order chi connectivity index (χ1) is 11.2. The Labute approximate surface area is 141 Å². The number of esters is 1. The van der Waals surface area contributed by atoms with E-state index in [0.29, 0.717) is 16.5 Å². The normalized spacial score (nSPS) is 11.0. The molecular weight excluding hydrogens is 334 g/mol. The second kappa shape index (κ2) is 7.26. The van der Waals surface area contributed by atoms with Gasteiger partial charge in [-0.2, -0.15) is 0 Å². The van der Waals surface area contributed by atoms with Crippen LogP contribution in [0.1, 0.15) is 10.6 Å². The van der Waals surface area contributed by atoms with Gasteiger partial charge in [-0.1, -0.05) is 22.8 Å². The highest BCUT2D eigenvalue weighted by molar-refractivity contribution is 7.10. The number of aromatic nitrogens is 1. The number of rotatable bonds is 5. The summed E-state index contributed by atoms with van der Waals surface area (Å²) >= 11 is 7.40. The Morgan fingerprint density at radius 2 is 2.13 bits per heavy atom. The third-order valence-electron chi connectivity index (χ3n) is 2.98. The molecule has 0 aliphatic carbocycles. The topological polar surface area (TPSA) is 52.3 Å². The Morgan fingerprint density at radius 1 is 1.30 bits per heavy atom. The average Bonchev–Trinajstić information content (AvgIpc) is 3.23. The Morgan fingerprint density at radius 3 is 2.87 bits per heavy atom. The number of carbonyl (C=O) groups excluding carboxylic acids is 1. The molecule has 0 radical (unpaired) electrons. The van der Waals surface area contributed by atoms with Crippen LogP contribution in [-0.4, -0.2) is 11.1 Å². The summed E-state index contributed by atoms with van der Waals surface area (Å²) in [5.41, 5.74) is 1.41. The molecule has 0 aliphatic heterocycles. The van der Waals surface area contributed by atoms with Crippen molar-refractivity contribution in [1.82, 2.24) is 5.16 Å². The molecule has 0 unspecified atom stereocenters. The molecule has 0 spiro atoms. The number of thiophene rings is 1. The van der Waals surface area contributed by atoms with Crippen molar-refractivity contribution < 1.29 is 14.1 Å². The fraction of sp³-hybridized carbons (Fsp3) is 0.0588. The predicted octanol–water partition coefficient (Wildman–Crippen LogP) is 4.81. The quantitative estimate of drug-likeness (QED) is 0.491. The summed E-state index contributed by atoms with van der Waals surface area (Å²) < 4.78 is 10.4. The molecule has 116 valence electrons. The van der Waals surface area contributed by atoms with Crippen LogP contribution in [-0.2, 0) is 16.1 Å². The van der Waals surface area contributed by atoms with Crippen LogP contribution in [0.4, 0.5) is 0 Å². The Balaban J connectivity index is 1.57. The summed E-state index contributed by atoms with van der Waals surface area (Å²) in [6, 6.07) is 12.8. The van der Waals surface area contributed by atoms with Gasteiger partial charge < -0.3 is 9.26 Å². The van der Waals surface area contributed by atoms with Crippen LogP contribution in [0.2, 0.25) is 5.02 Å². The third-order valence-corrected chi connectivity index (χ3v) is 4.07. The molecule has 23 heavy (non-hydrogen) atoms. The molecule has 0 amide bonds. The summed E-state index contributed by atoms with van der Waals surface area (Å²) in [6.07, 6.45) is 3.11. The zero-order chi connectivity index (χ0) is 16.1. The molecule has 3 rings (SSSR count). The van der Waals surface area contributed by atoms with E-state index in [4.69, 9.17) is 20.9 Å². The van der Waals surface area contributed by atoms with Crippen molar-refractivity contribution >= 4 is 35.0 Å². The minimum absolute atomic E-state index is 0.0602. The largest absolute Gasteiger partial charge is 0.456 e. The standard InChI is InChI=1S/C17H12ClNO3S/c18-13-5-3-12(4-6-13)16-10-14(19-22-16)11-21-17(20)8-7-15-2-1-9-23-15/h1-10H,11H2. The zero-order valence-corrected chi connectivity index (χ0v) is 13.5. The average molecular weight is 346 g/mol. The van der Waals surface area contributed by atoms with E-state index < -0.39 is 5.97 Å². The summed E-state index contributed by atoms with van der Waals surface area (Å²) in [5.74, 6) is 0.177. The first kappa shape index (κ1) is 15.5. The Hall–Kier alpha value is -2.37. The Bertz CT molecular complexity index is 807. The molecule has 0 atom stereocenters. The van der Waals surface area contributed by atoms with Crippen LogP contribution < -0.4 is 0 Å². The lowest BCUT2D eigenvalue weighted by Gasteiger charge is -1.97. The molecule has 2 heterocycles. The summed E-state index contributed by atoms with van der Waals surface area (Å²) in [7, 11) is 0. The SMILES string of the molecule is O=C(C=Cc1cccs1)OCc1cc(-c2ccc(Cl)cc2)on1. The minimum atomic E-state index is -0.422. The second-order valence-corrected chi connectivity index (χ2v) is 6.06. The lowest BCUT2D eigenvalue weighted by Crippen LogP contribution is -2.00. The molecule has 1 aromatic carbocycles. The van der Waals surface area contributed by atoms with E-state index in [1.807, 2.05) is 29.6 Å². The van der Waals surface area contributed by atoms with Crippen molar-refractivity contribution in [2.45, 2.75) is 6.61 Å². The maximum atomic E-state index is 11.6. The molecule has 6 heteroatoms. The van der Waals surface area contributed by atoms with Gasteiger partial charge >= 0.3 is 5.97 Å². The van der Waals surface area contributed by atoms with E-state index in [1.165, 1.54) is 6.08 Å². The van der Waals surface area contributed by atoms with E-state index >= 15 is 0 Å². The molecule has 0 N–H and O–H groups in total. The van der Waals surface area contributed by atoms with Gasteiger partial charge in [-0.05, 0) is 41.8 Å². The summed E-state index contributed by atoms with van der Waals surface area (Å²) in [6.45, 7) is 0.0602. The number of hydrogen-bond donors (Lipinski definition) is 0. The number of halogens is 1. The van der Waals surface area contributed by atoms with Crippen LogP contribution in [0.3, 0.4) is 0 Å². The lowest BCUT2D eigenvalue weighted by molar-refractivity contribution is -0.139. The van der Waals surface area contributed by atoms with Gasteiger partial charge in [0.05, 0.1) is 0 Å². The molecular formula is C17H12ClNO3S. The molecule has 3 aromatic rings. The number of benzene rings is 1. The monoisotopic (exact) mass is 345 g/mol. The van der Waals surface area contributed by atoms with Gasteiger partial charge in [0, 0.05) is 27.6 Å². The van der Waals surface area contributed by atoms with Gasteiger partial charge in [0.1, 0.15) is 12.3 Å². The molecule has 4 nitrogen and oxygen atoms in total. The Kier molecular flexibility index (Phi) is 4.90. The van der Waals surface area contributed by atoms with Crippen molar-refractivity contribution in [2.75, 3.05) is 0 Å². The van der Waals surface area contributed by atoms with Gasteiger partial charge in [0.25, 0.3) is 0 Å². The predicted molar refractivity (Wildman–Crippen MR) is 90.1 cm³/mol. The molecule has 2 aromatic heterocycles. The van der Waals surface area contributed by atoms with E-state index in [0.717, 1.165) is 10.4 Å². The zero-order valence-electron chi connectivity index (χ0n) is 11.9. The van der Waals surface area contributed by atoms with E-state index in [2.05, 4.69) is 5.16 Å². The summed E-state index contributed by atoms with van der Waals surface area (Å²) in [5, 5.41) is 6.49. The van der Waals surface area contributed by atoms with Crippen molar-refractivity contribution in [1.29, 1.82) is 0 Å². The van der Waals surface area contributed by atoms with Crippen LogP contribution in [0, 0.1) is 0 Å². The van der Waals surface area contributed by atoms with E-state index in [-0.39, 0.29) is 6.61 Å². The van der Waals surface area contributed by atoms with Crippen LogP contribution in [0.5, 0.6) is 0 Å². The number of nitrogens with zero attached hydrogens (tertiary/aromatic N) is 1. The maximum absolute atomic E-state index is 11.6. The highest BCUT2D eigenvalue weighted by atomic mass is 35.5. The molecule has 0 aliphatic rings. The highest BCUT2D eigenvalue weighted by Gasteiger charge is 2.08. The number of carbonyl (C=O) groups is 1. The van der Waals surface area contributed by atoms with Gasteiger partial charge in [0.15, 0.2) is 5.76 Å².